The van der Waals surface area contributed by atoms with Crippen molar-refractivity contribution < 1.29 is 8.42 Å². The predicted molar refractivity (Wildman–Crippen MR) is 127 cm³/mol. The second kappa shape index (κ2) is 9.58. The molecule has 0 aliphatic carbocycles. The topological polar surface area (TPSA) is 64.8 Å². The monoisotopic (exact) mass is 461 g/mol. The fourth-order valence-corrected chi connectivity index (χ4v) is 7.27. The smallest absolute Gasteiger partial charge is 0.199 e. The molecule has 0 amide bonds. The van der Waals surface area contributed by atoms with E-state index in [1.165, 1.54) is 6.20 Å². The van der Waals surface area contributed by atoms with Crippen LogP contribution in [-0.2, 0) is 10.0 Å². The van der Waals surface area contributed by atoms with E-state index in [0.717, 1.165) is 20.8 Å². The van der Waals surface area contributed by atoms with Crippen LogP contribution in [-0.4, -0.2) is 33.3 Å². The summed E-state index contributed by atoms with van der Waals surface area (Å²) in [6, 6.07) is 14.8. The Labute approximate surface area is 187 Å². The number of nitrogens with zero attached hydrogens (tertiary/aromatic N) is 3. The molecule has 8 heteroatoms. The van der Waals surface area contributed by atoms with E-state index in [2.05, 4.69) is 44.1 Å². The highest BCUT2D eigenvalue weighted by Gasteiger charge is 2.23. The third kappa shape index (κ3) is 5.28. The summed E-state index contributed by atoms with van der Waals surface area (Å²) >= 11 is 3.78. The Bertz CT molecular complexity index is 1080. The lowest BCUT2D eigenvalue weighted by Crippen LogP contribution is -2.13. The fourth-order valence-electron chi connectivity index (χ4n) is 2.92. The Balaban J connectivity index is 2.00. The van der Waals surface area contributed by atoms with E-state index in [-0.39, 0.29) is 9.48 Å². The maximum absolute atomic E-state index is 13.0. The average molecular weight is 462 g/mol. The van der Waals surface area contributed by atoms with Crippen molar-refractivity contribution in [3.05, 3.63) is 65.9 Å². The maximum atomic E-state index is 13.0. The summed E-state index contributed by atoms with van der Waals surface area (Å²) in [7, 11) is -3.78. The van der Waals surface area contributed by atoms with Gasteiger partial charge in [0.15, 0.2) is 0 Å². The van der Waals surface area contributed by atoms with Crippen LogP contribution in [0.25, 0.3) is 11.3 Å². The van der Waals surface area contributed by atoms with Crippen LogP contribution in [0.4, 0.5) is 0 Å². The van der Waals surface area contributed by atoms with Crippen LogP contribution in [0.15, 0.2) is 59.6 Å². The highest BCUT2D eigenvalue weighted by molar-refractivity contribution is 8.16. The van der Waals surface area contributed by atoms with Crippen molar-refractivity contribution >= 4 is 33.5 Å². The largest absolute Gasteiger partial charge is 0.284 e. The van der Waals surface area contributed by atoms with Gasteiger partial charge in [-0.25, -0.2) is 0 Å². The molecular weight excluding hydrogens is 434 g/mol. The molecule has 0 aliphatic heterocycles. The molecule has 30 heavy (non-hydrogen) atoms. The second-order valence-corrected chi connectivity index (χ2v) is 13.1. The first-order valence-corrected chi connectivity index (χ1v) is 13.2. The number of thioether (sulfide) groups is 2. The van der Waals surface area contributed by atoms with Gasteiger partial charge in [-0.05, 0) is 24.6 Å². The van der Waals surface area contributed by atoms with Gasteiger partial charge in [-0.1, -0.05) is 74.9 Å². The zero-order valence-electron chi connectivity index (χ0n) is 17.8. The number of hydrogen-bond acceptors (Lipinski definition) is 6. The number of aromatic nitrogens is 3. The molecule has 1 heterocycles. The van der Waals surface area contributed by atoms with Gasteiger partial charge in [-0.2, -0.15) is 8.42 Å². The molecular formula is C22H27N3O2S3. The standard InChI is InChI=1S/C22H27N3O2S3/c1-15(2)28-22(29-16(3)4)20-9-7-6-8-19(20)21-14-25(24-23-21)30(26,27)18-12-10-17(5)11-13-18/h6-16,22H,1-5H3. The van der Waals surface area contributed by atoms with Crippen LogP contribution in [0.3, 0.4) is 0 Å². The van der Waals surface area contributed by atoms with Crippen LogP contribution in [0.2, 0.25) is 0 Å². The number of hydrogen-bond donors (Lipinski definition) is 0. The second-order valence-electron chi connectivity index (χ2n) is 7.58. The third-order valence-corrected chi connectivity index (χ3v) is 8.62. The van der Waals surface area contributed by atoms with Gasteiger partial charge in [0.1, 0.15) is 5.69 Å². The molecule has 0 unspecified atom stereocenters. The van der Waals surface area contributed by atoms with Gasteiger partial charge in [0.05, 0.1) is 15.7 Å². The van der Waals surface area contributed by atoms with E-state index < -0.39 is 10.0 Å². The highest BCUT2D eigenvalue weighted by atomic mass is 32.2. The molecule has 0 saturated heterocycles. The molecule has 1 aromatic heterocycles. The van der Waals surface area contributed by atoms with Crippen LogP contribution in [0.1, 0.15) is 43.4 Å². The Hall–Kier alpha value is -1.77. The molecule has 0 N–H and O–H groups in total. The Morgan fingerprint density at radius 1 is 0.900 bits per heavy atom. The van der Waals surface area contributed by atoms with Crippen molar-refractivity contribution in [2.24, 2.45) is 0 Å². The molecule has 2 aromatic carbocycles. The van der Waals surface area contributed by atoms with Gasteiger partial charge in [-0.15, -0.1) is 32.7 Å². The molecule has 5 nitrogen and oxygen atoms in total. The maximum Gasteiger partial charge on any atom is 0.284 e. The number of benzene rings is 2. The lowest BCUT2D eigenvalue weighted by atomic mass is 10.1. The van der Waals surface area contributed by atoms with Gasteiger partial charge in [0, 0.05) is 16.1 Å². The number of aryl methyl sites for hydroxylation is 1. The van der Waals surface area contributed by atoms with Gasteiger partial charge >= 0.3 is 0 Å². The quantitative estimate of drug-likeness (QED) is 0.397. The third-order valence-electron chi connectivity index (χ3n) is 4.32. The molecule has 0 saturated carbocycles. The molecule has 3 rings (SSSR count). The molecule has 0 spiro atoms. The molecule has 0 aliphatic rings. The normalized spacial score (nSPS) is 12.3. The summed E-state index contributed by atoms with van der Waals surface area (Å²) in [4.78, 5) is 0.196. The molecule has 160 valence electrons. The molecule has 0 atom stereocenters. The zero-order chi connectivity index (χ0) is 21.9. The summed E-state index contributed by atoms with van der Waals surface area (Å²) < 4.78 is 27.1. The highest BCUT2D eigenvalue weighted by Crippen LogP contribution is 2.46. The van der Waals surface area contributed by atoms with Gasteiger partial charge in [-0.3, -0.25) is 0 Å². The van der Waals surface area contributed by atoms with E-state index in [0.29, 0.717) is 16.2 Å². The summed E-state index contributed by atoms with van der Waals surface area (Å²) in [5.74, 6) is 0. The fraction of sp³-hybridized carbons (Fsp3) is 0.364. The van der Waals surface area contributed by atoms with E-state index in [4.69, 9.17) is 0 Å². The van der Waals surface area contributed by atoms with Crippen LogP contribution in [0.5, 0.6) is 0 Å². The van der Waals surface area contributed by atoms with E-state index in [1.54, 1.807) is 24.3 Å². The van der Waals surface area contributed by atoms with E-state index in [1.807, 2.05) is 48.6 Å². The Morgan fingerprint density at radius 2 is 1.50 bits per heavy atom. The van der Waals surface area contributed by atoms with Crippen LogP contribution in [0, 0.1) is 6.92 Å². The lowest BCUT2D eigenvalue weighted by Gasteiger charge is -2.22. The minimum atomic E-state index is -3.78. The van der Waals surface area contributed by atoms with Gasteiger partial charge < -0.3 is 0 Å². The van der Waals surface area contributed by atoms with Crippen molar-refractivity contribution in [1.29, 1.82) is 0 Å². The first-order chi connectivity index (χ1) is 14.2. The van der Waals surface area contributed by atoms with Gasteiger partial charge in [0.25, 0.3) is 10.0 Å². The molecule has 0 radical (unpaired) electrons. The Kier molecular flexibility index (Phi) is 7.31. The predicted octanol–water partition coefficient (Wildman–Crippen LogP) is 5.77. The Morgan fingerprint density at radius 3 is 2.10 bits per heavy atom. The van der Waals surface area contributed by atoms with Crippen molar-refractivity contribution in [3.63, 3.8) is 0 Å². The van der Waals surface area contributed by atoms with Crippen molar-refractivity contribution in [2.75, 3.05) is 0 Å². The van der Waals surface area contributed by atoms with Crippen LogP contribution < -0.4 is 0 Å². The lowest BCUT2D eigenvalue weighted by molar-refractivity contribution is 0.577. The first kappa shape index (κ1) is 22.9. The summed E-state index contributed by atoms with van der Waals surface area (Å²) in [6.07, 6.45) is 1.51. The van der Waals surface area contributed by atoms with Crippen molar-refractivity contribution in [2.45, 2.75) is 54.6 Å². The molecule has 0 bridgehead atoms. The van der Waals surface area contributed by atoms with E-state index >= 15 is 0 Å². The van der Waals surface area contributed by atoms with E-state index in [9.17, 15) is 8.42 Å². The zero-order valence-corrected chi connectivity index (χ0v) is 20.3. The number of rotatable bonds is 8. The van der Waals surface area contributed by atoms with Crippen molar-refractivity contribution in [3.8, 4) is 11.3 Å². The minimum absolute atomic E-state index is 0.196. The molecule has 0 fully saturated rings. The molecule has 3 aromatic rings. The SMILES string of the molecule is Cc1ccc(S(=O)(=O)n2cc(-c3ccccc3C(SC(C)C)SC(C)C)nn2)cc1. The van der Waals surface area contributed by atoms with Crippen molar-refractivity contribution in [1.82, 2.24) is 14.4 Å². The summed E-state index contributed by atoms with van der Waals surface area (Å²) in [6.45, 7) is 10.7. The van der Waals surface area contributed by atoms with Gasteiger partial charge in [0.2, 0.25) is 0 Å². The van der Waals surface area contributed by atoms with Crippen LogP contribution >= 0.6 is 23.5 Å². The average Bonchev–Trinajstić information content (AvgIpc) is 3.18. The first-order valence-electron chi connectivity index (χ1n) is 9.83. The summed E-state index contributed by atoms with van der Waals surface area (Å²) in [5, 5.41) is 9.09. The minimum Gasteiger partial charge on any atom is -0.199 e. The summed E-state index contributed by atoms with van der Waals surface area (Å²) in [5.41, 5.74) is 3.60.